The highest BCUT2D eigenvalue weighted by atomic mass is 16.7. The quantitative estimate of drug-likeness (QED) is 0.832. The summed E-state index contributed by atoms with van der Waals surface area (Å²) in [6.45, 7) is 1.32. The minimum absolute atomic E-state index is 0.0507. The van der Waals surface area contributed by atoms with E-state index in [4.69, 9.17) is 18.9 Å². The third-order valence-corrected chi connectivity index (χ3v) is 4.16. The molecule has 4 rings (SSSR count). The molecule has 1 aromatic carbocycles. The Morgan fingerprint density at radius 1 is 1.16 bits per heavy atom. The molecule has 1 atom stereocenters. The van der Waals surface area contributed by atoms with Gasteiger partial charge < -0.3 is 23.8 Å². The maximum atomic E-state index is 12.7. The normalized spacial score (nSPS) is 18.3. The molecule has 0 N–H and O–H groups in total. The largest absolute Gasteiger partial charge is 0.480 e. The zero-order chi connectivity index (χ0) is 17.2. The van der Waals surface area contributed by atoms with Crippen LogP contribution in [-0.2, 0) is 0 Å². The molecular weight excluding hydrogens is 326 g/mol. The van der Waals surface area contributed by atoms with Crippen molar-refractivity contribution in [2.45, 2.75) is 12.5 Å². The fraction of sp³-hybridized carbons (Fsp3) is 0.353. The van der Waals surface area contributed by atoms with Crippen LogP contribution in [0.2, 0.25) is 0 Å². The summed E-state index contributed by atoms with van der Waals surface area (Å²) in [7, 11) is 1.53. The van der Waals surface area contributed by atoms with Gasteiger partial charge in [-0.3, -0.25) is 4.79 Å². The molecular formula is C17H17N3O5. The number of hydrogen-bond acceptors (Lipinski definition) is 7. The number of nitrogens with zero attached hydrogens (tertiary/aromatic N) is 3. The van der Waals surface area contributed by atoms with E-state index >= 15 is 0 Å². The maximum Gasteiger partial charge on any atom is 0.254 e. The molecule has 1 amide bonds. The highest BCUT2D eigenvalue weighted by molar-refractivity contribution is 5.95. The summed E-state index contributed by atoms with van der Waals surface area (Å²) in [5, 5.41) is 7.82. The van der Waals surface area contributed by atoms with Gasteiger partial charge in [-0.1, -0.05) is 0 Å². The third kappa shape index (κ3) is 3.15. The Hall–Kier alpha value is -3.03. The van der Waals surface area contributed by atoms with Gasteiger partial charge in [0, 0.05) is 30.7 Å². The molecule has 0 radical (unpaired) electrons. The third-order valence-electron chi connectivity index (χ3n) is 4.16. The van der Waals surface area contributed by atoms with Crippen molar-refractivity contribution in [1.29, 1.82) is 0 Å². The smallest absolute Gasteiger partial charge is 0.254 e. The van der Waals surface area contributed by atoms with Gasteiger partial charge in [0.1, 0.15) is 6.10 Å². The van der Waals surface area contributed by atoms with E-state index in [1.54, 1.807) is 35.2 Å². The van der Waals surface area contributed by atoms with Crippen LogP contribution in [0.5, 0.6) is 23.3 Å². The molecule has 0 spiro atoms. The molecule has 0 bridgehead atoms. The molecule has 2 aromatic rings. The van der Waals surface area contributed by atoms with Gasteiger partial charge in [-0.25, -0.2) is 0 Å². The fourth-order valence-corrected chi connectivity index (χ4v) is 2.87. The Morgan fingerprint density at radius 3 is 2.76 bits per heavy atom. The topological polar surface area (TPSA) is 83.0 Å². The molecule has 8 heteroatoms. The van der Waals surface area contributed by atoms with E-state index in [0.29, 0.717) is 41.9 Å². The fourth-order valence-electron chi connectivity index (χ4n) is 2.87. The van der Waals surface area contributed by atoms with E-state index in [1.807, 2.05) is 0 Å². The Labute approximate surface area is 144 Å². The lowest BCUT2D eigenvalue weighted by atomic mass is 10.2. The molecule has 0 saturated carbocycles. The van der Waals surface area contributed by atoms with Crippen LogP contribution in [-0.4, -0.2) is 54.1 Å². The number of likely N-dealkylation sites (tertiary alicyclic amines) is 1. The van der Waals surface area contributed by atoms with E-state index in [1.165, 1.54) is 7.11 Å². The molecule has 1 aromatic heterocycles. The summed E-state index contributed by atoms with van der Waals surface area (Å²) in [6, 6.07) is 8.61. The number of carbonyl (C=O) groups is 1. The van der Waals surface area contributed by atoms with Crippen LogP contribution in [0, 0.1) is 0 Å². The highest BCUT2D eigenvalue weighted by Gasteiger charge is 2.29. The molecule has 3 heterocycles. The first-order chi connectivity index (χ1) is 12.2. The van der Waals surface area contributed by atoms with E-state index in [-0.39, 0.29) is 18.8 Å². The Kier molecular flexibility index (Phi) is 4.01. The van der Waals surface area contributed by atoms with Crippen LogP contribution in [0.25, 0.3) is 0 Å². The van der Waals surface area contributed by atoms with Gasteiger partial charge in [-0.05, 0) is 18.2 Å². The van der Waals surface area contributed by atoms with E-state index < -0.39 is 0 Å². The van der Waals surface area contributed by atoms with Crippen molar-refractivity contribution in [3.63, 3.8) is 0 Å². The lowest BCUT2D eigenvalue weighted by molar-refractivity contribution is 0.0770. The van der Waals surface area contributed by atoms with Crippen molar-refractivity contribution in [2.75, 3.05) is 27.0 Å². The van der Waals surface area contributed by atoms with E-state index in [9.17, 15) is 4.79 Å². The number of carbonyl (C=O) groups excluding carboxylic acids is 1. The van der Waals surface area contributed by atoms with Gasteiger partial charge in [-0.2, -0.15) is 0 Å². The Morgan fingerprint density at radius 2 is 1.96 bits per heavy atom. The molecule has 2 aliphatic rings. The SMILES string of the molecule is COc1ccc(OC2CCN(C(=O)c3ccc4c(c3)OCO4)C2)nn1. The number of methoxy groups -OCH3 is 1. The van der Waals surface area contributed by atoms with Gasteiger partial charge in [0.05, 0.1) is 13.7 Å². The number of benzene rings is 1. The number of ether oxygens (including phenoxy) is 4. The van der Waals surface area contributed by atoms with Crippen molar-refractivity contribution >= 4 is 5.91 Å². The number of hydrogen-bond donors (Lipinski definition) is 0. The molecule has 1 fully saturated rings. The molecule has 25 heavy (non-hydrogen) atoms. The van der Waals surface area contributed by atoms with Gasteiger partial charge in [0.15, 0.2) is 11.5 Å². The van der Waals surface area contributed by atoms with Gasteiger partial charge >= 0.3 is 0 Å². The van der Waals surface area contributed by atoms with Crippen molar-refractivity contribution in [1.82, 2.24) is 15.1 Å². The predicted octanol–water partition coefficient (Wildman–Crippen LogP) is 1.51. The summed E-state index contributed by atoms with van der Waals surface area (Å²) in [5.41, 5.74) is 0.578. The van der Waals surface area contributed by atoms with Gasteiger partial charge in [-0.15, -0.1) is 10.2 Å². The number of fused-ring (bicyclic) bond motifs is 1. The van der Waals surface area contributed by atoms with Gasteiger partial charge in [0.25, 0.3) is 5.91 Å². The van der Waals surface area contributed by atoms with Crippen LogP contribution < -0.4 is 18.9 Å². The van der Waals surface area contributed by atoms with Gasteiger partial charge in [0.2, 0.25) is 18.6 Å². The summed E-state index contributed by atoms with van der Waals surface area (Å²) in [6.07, 6.45) is 0.630. The van der Waals surface area contributed by atoms with Crippen LogP contribution >= 0.6 is 0 Å². The zero-order valence-corrected chi connectivity index (χ0v) is 13.7. The number of rotatable bonds is 4. The average Bonchev–Trinajstić information content (AvgIpc) is 3.30. The molecule has 0 aliphatic carbocycles. The van der Waals surface area contributed by atoms with Crippen LogP contribution in [0.4, 0.5) is 0 Å². The Balaban J connectivity index is 1.39. The molecule has 1 unspecified atom stereocenters. The summed E-state index contributed by atoms with van der Waals surface area (Å²) < 4.78 is 21.4. The molecule has 130 valence electrons. The summed E-state index contributed by atoms with van der Waals surface area (Å²) in [4.78, 5) is 14.4. The number of aromatic nitrogens is 2. The van der Waals surface area contributed by atoms with Crippen LogP contribution in [0.15, 0.2) is 30.3 Å². The summed E-state index contributed by atoms with van der Waals surface area (Å²) in [5.74, 6) is 2.07. The van der Waals surface area contributed by atoms with Crippen LogP contribution in [0.3, 0.4) is 0 Å². The Bertz CT molecular complexity index is 780. The molecule has 1 saturated heterocycles. The minimum atomic E-state index is -0.111. The second-order valence-electron chi connectivity index (χ2n) is 5.76. The monoisotopic (exact) mass is 343 g/mol. The lowest BCUT2D eigenvalue weighted by Gasteiger charge is -2.17. The maximum absolute atomic E-state index is 12.7. The number of amides is 1. The molecule has 8 nitrogen and oxygen atoms in total. The van der Waals surface area contributed by atoms with E-state index in [2.05, 4.69) is 10.2 Å². The van der Waals surface area contributed by atoms with E-state index in [0.717, 1.165) is 6.42 Å². The average molecular weight is 343 g/mol. The standard InChI is InChI=1S/C17H17N3O5/c1-22-15-4-5-16(19-18-15)25-12-6-7-20(9-12)17(21)11-2-3-13-14(8-11)24-10-23-13/h2-5,8,12H,6-7,9-10H2,1H3. The highest BCUT2D eigenvalue weighted by Crippen LogP contribution is 2.33. The predicted molar refractivity (Wildman–Crippen MR) is 86.1 cm³/mol. The van der Waals surface area contributed by atoms with Crippen molar-refractivity contribution in [3.05, 3.63) is 35.9 Å². The second-order valence-corrected chi connectivity index (χ2v) is 5.76. The zero-order valence-electron chi connectivity index (χ0n) is 13.7. The first-order valence-corrected chi connectivity index (χ1v) is 7.96. The lowest BCUT2D eigenvalue weighted by Crippen LogP contribution is -2.31. The first-order valence-electron chi connectivity index (χ1n) is 7.96. The summed E-state index contributed by atoms with van der Waals surface area (Å²) >= 11 is 0. The molecule has 2 aliphatic heterocycles. The van der Waals surface area contributed by atoms with Crippen molar-refractivity contribution in [3.8, 4) is 23.3 Å². The van der Waals surface area contributed by atoms with Crippen molar-refractivity contribution < 1.29 is 23.7 Å². The minimum Gasteiger partial charge on any atom is -0.480 e. The second kappa shape index (κ2) is 6.46. The van der Waals surface area contributed by atoms with Crippen LogP contribution in [0.1, 0.15) is 16.8 Å². The van der Waals surface area contributed by atoms with Crippen molar-refractivity contribution in [2.24, 2.45) is 0 Å². The first kappa shape index (κ1) is 15.5.